The van der Waals surface area contributed by atoms with E-state index in [1.807, 2.05) is 23.1 Å². The summed E-state index contributed by atoms with van der Waals surface area (Å²) in [6.45, 7) is 2.16. The molecule has 7 heteroatoms. The van der Waals surface area contributed by atoms with Gasteiger partial charge in [0, 0.05) is 38.2 Å². The number of nitrogens with zero attached hydrogens (tertiary/aromatic N) is 3. The number of hydrogen-bond donors (Lipinski definition) is 1. The average molecular weight is 338 g/mol. The Morgan fingerprint density at radius 1 is 1.21 bits per heavy atom. The summed E-state index contributed by atoms with van der Waals surface area (Å²) in [5.74, 6) is 0.501. The molecule has 0 bridgehead atoms. The molecule has 2 heterocycles. The van der Waals surface area contributed by atoms with Crippen molar-refractivity contribution in [2.45, 2.75) is 18.6 Å². The zero-order chi connectivity index (χ0) is 17.3. The molecule has 0 aliphatic carbocycles. The molecule has 0 spiro atoms. The molecule has 4 nitrogen and oxygen atoms in total. The van der Waals surface area contributed by atoms with Crippen molar-refractivity contribution in [2.75, 3.05) is 19.6 Å². The quantitative estimate of drug-likeness (QED) is 0.932. The molecule has 1 aromatic carbocycles. The van der Waals surface area contributed by atoms with Gasteiger partial charge in [-0.05, 0) is 18.0 Å². The van der Waals surface area contributed by atoms with Crippen molar-refractivity contribution in [3.05, 3.63) is 53.3 Å². The smallest absolute Gasteiger partial charge is 0.330 e. The summed E-state index contributed by atoms with van der Waals surface area (Å²) in [5, 5.41) is 3.79. The summed E-state index contributed by atoms with van der Waals surface area (Å²) < 4.78 is 40.5. The van der Waals surface area contributed by atoms with Crippen LogP contribution in [0.15, 0.2) is 36.5 Å². The number of rotatable bonds is 4. The van der Waals surface area contributed by atoms with Crippen LogP contribution in [0.4, 0.5) is 13.2 Å². The van der Waals surface area contributed by atoms with Crippen molar-refractivity contribution in [3.8, 4) is 0 Å². The van der Waals surface area contributed by atoms with E-state index in [-0.39, 0.29) is 23.9 Å². The summed E-state index contributed by atoms with van der Waals surface area (Å²) in [6.07, 6.45) is -3.08. The molecule has 1 fully saturated rings. The van der Waals surface area contributed by atoms with Crippen molar-refractivity contribution >= 4 is 0 Å². The van der Waals surface area contributed by atoms with E-state index in [1.54, 1.807) is 0 Å². The van der Waals surface area contributed by atoms with Gasteiger partial charge in [-0.2, -0.15) is 18.3 Å². The lowest BCUT2D eigenvalue weighted by Gasteiger charge is -2.17. The molecule has 1 aliphatic heterocycles. The first-order chi connectivity index (χ1) is 11.4. The summed E-state index contributed by atoms with van der Waals surface area (Å²) in [4.78, 5) is 2.04. The van der Waals surface area contributed by atoms with E-state index in [2.05, 4.69) is 17.2 Å². The molecule has 3 rings (SSSR count). The first kappa shape index (κ1) is 17.0. The monoisotopic (exact) mass is 338 g/mol. The molecule has 1 saturated heterocycles. The predicted molar refractivity (Wildman–Crippen MR) is 85.2 cm³/mol. The molecule has 1 aliphatic rings. The number of alkyl halides is 3. The van der Waals surface area contributed by atoms with Crippen LogP contribution in [0, 0.1) is 5.92 Å². The number of benzene rings is 1. The highest BCUT2D eigenvalue weighted by Gasteiger charge is 2.39. The van der Waals surface area contributed by atoms with Crippen LogP contribution in [0.25, 0.3) is 0 Å². The summed E-state index contributed by atoms with van der Waals surface area (Å²) in [5.41, 5.74) is 6.64. The van der Waals surface area contributed by atoms with Crippen molar-refractivity contribution in [3.63, 3.8) is 0 Å². The van der Waals surface area contributed by atoms with Crippen LogP contribution in [0.2, 0.25) is 0 Å². The van der Waals surface area contributed by atoms with Crippen molar-refractivity contribution in [1.29, 1.82) is 0 Å². The molecule has 2 aromatic rings. The number of aryl methyl sites for hydroxylation is 1. The highest BCUT2D eigenvalue weighted by Crippen LogP contribution is 2.35. The van der Waals surface area contributed by atoms with Gasteiger partial charge in [-0.15, -0.1) is 0 Å². The van der Waals surface area contributed by atoms with Gasteiger partial charge in [0.25, 0.3) is 0 Å². The van der Waals surface area contributed by atoms with E-state index in [4.69, 9.17) is 5.73 Å². The van der Waals surface area contributed by atoms with Gasteiger partial charge in [0.2, 0.25) is 0 Å². The number of hydrogen-bond acceptors (Lipinski definition) is 3. The molecule has 0 radical (unpaired) electrons. The van der Waals surface area contributed by atoms with Crippen LogP contribution in [0.3, 0.4) is 0 Å². The second-order valence-electron chi connectivity index (χ2n) is 6.35. The molecule has 1 aromatic heterocycles. The molecule has 0 saturated carbocycles. The molecule has 24 heavy (non-hydrogen) atoms. The fourth-order valence-electron chi connectivity index (χ4n) is 3.61. The fraction of sp³-hybridized carbons (Fsp3) is 0.471. The SMILES string of the molecule is Cn1ncc(CN2C[C@@H](CN)[C@H](c3ccccc3)C2)c1C(F)(F)F. The van der Waals surface area contributed by atoms with Gasteiger partial charge in [0.05, 0.1) is 6.20 Å². The number of likely N-dealkylation sites (tertiary alicyclic amines) is 1. The number of nitrogens with two attached hydrogens (primary N) is 1. The second-order valence-corrected chi connectivity index (χ2v) is 6.35. The molecule has 2 atom stereocenters. The van der Waals surface area contributed by atoms with E-state index < -0.39 is 11.9 Å². The normalized spacial score (nSPS) is 22.2. The lowest BCUT2D eigenvalue weighted by atomic mass is 9.89. The zero-order valence-corrected chi connectivity index (χ0v) is 13.5. The number of aromatic nitrogens is 2. The Kier molecular flexibility index (Phi) is 4.64. The van der Waals surface area contributed by atoms with E-state index >= 15 is 0 Å². The predicted octanol–water partition coefficient (Wildman–Crippen LogP) is 2.61. The Labute approximate surface area is 139 Å². The third kappa shape index (κ3) is 3.32. The Morgan fingerprint density at radius 2 is 1.92 bits per heavy atom. The number of halogens is 3. The van der Waals surface area contributed by atoms with Crippen LogP contribution in [-0.4, -0.2) is 34.3 Å². The first-order valence-corrected chi connectivity index (χ1v) is 7.95. The molecular weight excluding hydrogens is 317 g/mol. The standard InChI is InChI=1S/C17H21F3N4/c1-23-16(17(18,19)20)14(8-22-23)10-24-9-13(7-21)15(11-24)12-5-3-2-4-6-12/h2-6,8,13,15H,7,9-11,21H2,1H3/t13-,15+/m1/s1. The van der Waals surface area contributed by atoms with Gasteiger partial charge in [-0.25, -0.2) is 0 Å². The minimum absolute atomic E-state index is 0.217. The van der Waals surface area contributed by atoms with Crippen LogP contribution in [-0.2, 0) is 19.8 Å². The average Bonchev–Trinajstić information content (AvgIpc) is 3.11. The van der Waals surface area contributed by atoms with Crippen LogP contribution < -0.4 is 5.73 Å². The van der Waals surface area contributed by atoms with Crippen molar-refractivity contribution in [2.24, 2.45) is 18.7 Å². The maximum atomic E-state index is 13.2. The third-order valence-corrected chi connectivity index (χ3v) is 4.72. The van der Waals surface area contributed by atoms with E-state index in [0.29, 0.717) is 19.6 Å². The third-order valence-electron chi connectivity index (χ3n) is 4.72. The highest BCUT2D eigenvalue weighted by molar-refractivity contribution is 5.24. The van der Waals surface area contributed by atoms with Gasteiger partial charge in [0.15, 0.2) is 0 Å². The molecular formula is C17H21F3N4. The van der Waals surface area contributed by atoms with Crippen LogP contribution in [0.1, 0.15) is 22.7 Å². The van der Waals surface area contributed by atoms with E-state index in [9.17, 15) is 13.2 Å². The van der Waals surface area contributed by atoms with E-state index in [0.717, 1.165) is 4.68 Å². The van der Waals surface area contributed by atoms with Gasteiger partial charge in [-0.3, -0.25) is 9.58 Å². The lowest BCUT2D eigenvalue weighted by molar-refractivity contribution is -0.144. The van der Waals surface area contributed by atoms with Gasteiger partial charge >= 0.3 is 6.18 Å². The van der Waals surface area contributed by atoms with Crippen LogP contribution >= 0.6 is 0 Å². The second kappa shape index (κ2) is 6.57. The largest absolute Gasteiger partial charge is 0.433 e. The zero-order valence-electron chi connectivity index (χ0n) is 13.5. The highest BCUT2D eigenvalue weighted by atomic mass is 19.4. The molecule has 2 N–H and O–H groups in total. The first-order valence-electron chi connectivity index (χ1n) is 7.95. The van der Waals surface area contributed by atoms with Crippen molar-refractivity contribution in [1.82, 2.24) is 14.7 Å². The summed E-state index contributed by atoms with van der Waals surface area (Å²) >= 11 is 0. The topological polar surface area (TPSA) is 47.1 Å². The van der Waals surface area contributed by atoms with Crippen molar-refractivity contribution < 1.29 is 13.2 Å². The lowest BCUT2D eigenvalue weighted by Crippen LogP contribution is -2.24. The fourth-order valence-corrected chi connectivity index (χ4v) is 3.61. The Bertz CT molecular complexity index is 681. The summed E-state index contributed by atoms with van der Waals surface area (Å²) in [6, 6.07) is 10.0. The van der Waals surface area contributed by atoms with Crippen LogP contribution in [0.5, 0.6) is 0 Å². The maximum Gasteiger partial charge on any atom is 0.433 e. The van der Waals surface area contributed by atoms with E-state index in [1.165, 1.54) is 18.8 Å². The van der Waals surface area contributed by atoms with Gasteiger partial charge in [-0.1, -0.05) is 30.3 Å². The molecule has 130 valence electrons. The minimum atomic E-state index is -4.40. The molecule has 0 amide bonds. The minimum Gasteiger partial charge on any atom is -0.330 e. The maximum absolute atomic E-state index is 13.2. The van der Waals surface area contributed by atoms with Gasteiger partial charge < -0.3 is 5.73 Å². The Balaban J connectivity index is 1.78. The Morgan fingerprint density at radius 3 is 2.54 bits per heavy atom. The summed E-state index contributed by atoms with van der Waals surface area (Å²) in [7, 11) is 1.33. The Hall–Kier alpha value is -1.86. The molecule has 0 unspecified atom stereocenters. The van der Waals surface area contributed by atoms with Gasteiger partial charge in [0.1, 0.15) is 5.69 Å².